The summed E-state index contributed by atoms with van der Waals surface area (Å²) in [5, 5.41) is 0.665. The number of benzene rings is 1. The number of nitrogens with zero attached hydrogens (tertiary/aromatic N) is 2. The summed E-state index contributed by atoms with van der Waals surface area (Å²) in [7, 11) is 0. The summed E-state index contributed by atoms with van der Waals surface area (Å²) in [6, 6.07) is 5.61. The van der Waals surface area contributed by atoms with Gasteiger partial charge in [0.25, 0.3) is 0 Å². The molecule has 0 saturated carbocycles. The monoisotopic (exact) mass is 265 g/mol. The molecule has 2 N–H and O–H groups in total. The van der Waals surface area contributed by atoms with Crippen LogP contribution in [0.15, 0.2) is 18.2 Å². The van der Waals surface area contributed by atoms with Crippen molar-refractivity contribution in [1.29, 1.82) is 0 Å². The molecule has 0 aliphatic heterocycles. The number of carbonyl (C=O) groups excluding carboxylic acids is 1. The van der Waals surface area contributed by atoms with E-state index in [9.17, 15) is 4.79 Å². The molecule has 0 unspecified atom stereocenters. The van der Waals surface area contributed by atoms with Gasteiger partial charge in [-0.05, 0) is 31.7 Å². The Kier molecular flexibility index (Phi) is 3.99. The molecule has 5 heteroatoms. The molecule has 0 spiro atoms. The molecule has 0 aliphatic rings. The summed E-state index contributed by atoms with van der Waals surface area (Å²) in [5.41, 5.74) is 7.45. The summed E-state index contributed by atoms with van der Waals surface area (Å²) in [5.74, 6) is 1.08. The molecule has 1 aromatic heterocycles. The maximum Gasteiger partial charge on any atom is 0.131 e. The van der Waals surface area contributed by atoms with E-state index >= 15 is 0 Å². The number of hydrogen-bond acceptors (Lipinski definition) is 3. The Morgan fingerprint density at radius 1 is 1.50 bits per heavy atom. The third-order valence-electron chi connectivity index (χ3n) is 2.84. The van der Waals surface area contributed by atoms with Crippen molar-refractivity contribution in [3.05, 3.63) is 29.0 Å². The predicted molar refractivity (Wildman–Crippen MR) is 72.8 cm³/mol. The lowest BCUT2D eigenvalue weighted by atomic mass is 10.3. The second-order valence-corrected chi connectivity index (χ2v) is 4.74. The van der Waals surface area contributed by atoms with Gasteiger partial charge in [0, 0.05) is 24.4 Å². The highest BCUT2D eigenvalue weighted by molar-refractivity contribution is 6.31. The molecular weight excluding hydrogens is 250 g/mol. The fourth-order valence-corrected chi connectivity index (χ4v) is 2.16. The highest BCUT2D eigenvalue weighted by atomic mass is 35.5. The molecule has 2 aromatic rings. The zero-order chi connectivity index (χ0) is 13.1. The number of rotatable bonds is 5. The highest BCUT2D eigenvalue weighted by Gasteiger charge is 2.10. The maximum absolute atomic E-state index is 11.1. The van der Waals surface area contributed by atoms with Crippen molar-refractivity contribution in [2.75, 3.05) is 6.54 Å². The van der Waals surface area contributed by atoms with Gasteiger partial charge >= 0.3 is 0 Å². The number of fused-ring (bicyclic) bond motifs is 1. The van der Waals surface area contributed by atoms with Crippen LogP contribution < -0.4 is 5.73 Å². The first kappa shape index (κ1) is 13.1. The van der Waals surface area contributed by atoms with Crippen molar-refractivity contribution >= 4 is 28.4 Å². The van der Waals surface area contributed by atoms with Crippen LogP contribution in [0.1, 0.15) is 19.2 Å². The minimum atomic E-state index is 0.171. The zero-order valence-electron chi connectivity index (χ0n) is 10.3. The maximum atomic E-state index is 11.1. The van der Waals surface area contributed by atoms with Gasteiger partial charge in [0.1, 0.15) is 11.6 Å². The summed E-state index contributed by atoms with van der Waals surface area (Å²) in [6.07, 6.45) is 1.20. The van der Waals surface area contributed by atoms with Crippen LogP contribution in [0.5, 0.6) is 0 Å². The first-order valence-electron chi connectivity index (χ1n) is 5.96. The van der Waals surface area contributed by atoms with Gasteiger partial charge < -0.3 is 10.3 Å². The van der Waals surface area contributed by atoms with Crippen LogP contribution in [-0.4, -0.2) is 21.9 Å². The molecule has 1 heterocycles. The Hall–Kier alpha value is -1.39. The number of Topliss-reactive ketones (excluding diaryl/α,β-unsaturated/α-hetero) is 1. The number of nitrogens with two attached hydrogens (primary N) is 1. The Morgan fingerprint density at radius 2 is 2.28 bits per heavy atom. The lowest BCUT2D eigenvalue weighted by Gasteiger charge is -2.07. The number of carbonyl (C=O) groups is 1. The number of halogens is 1. The van der Waals surface area contributed by atoms with Crippen molar-refractivity contribution in [2.24, 2.45) is 5.73 Å². The second-order valence-electron chi connectivity index (χ2n) is 4.30. The van der Waals surface area contributed by atoms with E-state index in [1.807, 2.05) is 18.2 Å². The summed E-state index contributed by atoms with van der Waals surface area (Å²) in [6.45, 7) is 2.78. The summed E-state index contributed by atoms with van der Waals surface area (Å²) in [4.78, 5) is 15.6. The fourth-order valence-electron chi connectivity index (χ4n) is 1.99. The van der Waals surface area contributed by atoms with Crippen LogP contribution in [0.3, 0.4) is 0 Å². The smallest absolute Gasteiger partial charge is 0.131 e. The highest BCUT2D eigenvalue weighted by Crippen LogP contribution is 2.21. The Balaban J connectivity index is 2.44. The van der Waals surface area contributed by atoms with Crippen molar-refractivity contribution in [3.63, 3.8) is 0 Å². The van der Waals surface area contributed by atoms with Gasteiger partial charge in [-0.2, -0.15) is 0 Å². The molecule has 0 atom stereocenters. The molecule has 1 aromatic carbocycles. The van der Waals surface area contributed by atoms with Crippen LogP contribution in [0.25, 0.3) is 11.0 Å². The standard InChI is InChI=1S/C13H16ClN3O/c1-9(18)5-7-17-12-3-2-10(14)8-11(12)16-13(17)4-6-15/h2-3,8H,4-7,15H2,1H3. The van der Waals surface area contributed by atoms with Crippen LogP contribution in [0.4, 0.5) is 0 Å². The van der Waals surface area contributed by atoms with Crippen LogP contribution >= 0.6 is 11.6 Å². The Bertz CT molecular complexity index is 577. The van der Waals surface area contributed by atoms with E-state index in [2.05, 4.69) is 9.55 Å². The van der Waals surface area contributed by atoms with E-state index in [0.29, 0.717) is 31.0 Å². The van der Waals surface area contributed by atoms with E-state index < -0.39 is 0 Å². The van der Waals surface area contributed by atoms with Crippen LogP contribution in [0, 0.1) is 0 Å². The lowest BCUT2D eigenvalue weighted by molar-refractivity contribution is -0.117. The van der Waals surface area contributed by atoms with Crippen molar-refractivity contribution in [3.8, 4) is 0 Å². The average molecular weight is 266 g/mol. The topological polar surface area (TPSA) is 60.9 Å². The molecule has 4 nitrogen and oxygen atoms in total. The molecule has 0 saturated heterocycles. The van der Waals surface area contributed by atoms with E-state index in [4.69, 9.17) is 17.3 Å². The average Bonchev–Trinajstić information content (AvgIpc) is 2.63. The molecule has 0 radical (unpaired) electrons. The van der Waals surface area contributed by atoms with E-state index in [1.54, 1.807) is 6.92 Å². The normalized spacial score (nSPS) is 11.1. The fraction of sp³-hybridized carbons (Fsp3) is 0.385. The summed E-state index contributed by atoms with van der Waals surface area (Å²) >= 11 is 5.96. The largest absolute Gasteiger partial charge is 0.330 e. The molecule has 0 bridgehead atoms. The van der Waals surface area contributed by atoms with Crippen molar-refractivity contribution in [1.82, 2.24) is 9.55 Å². The minimum Gasteiger partial charge on any atom is -0.330 e. The SMILES string of the molecule is CC(=O)CCn1c(CCN)nc2cc(Cl)ccc21. The zero-order valence-corrected chi connectivity index (χ0v) is 11.1. The first-order valence-corrected chi connectivity index (χ1v) is 6.34. The van der Waals surface area contributed by atoms with Gasteiger partial charge in [-0.25, -0.2) is 4.98 Å². The van der Waals surface area contributed by atoms with Gasteiger partial charge in [-0.3, -0.25) is 4.79 Å². The van der Waals surface area contributed by atoms with Gasteiger partial charge in [0.05, 0.1) is 11.0 Å². The molecule has 0 fully saturated rings. The number of aryl methyl sites for hydroxylation is 1. The van der Waals surface area contributed by atoms with Gasteiger partial charge in [0.2, 0.25) is 0 Å². The minimum absolute atomic E-state index is 0.171. The lowest BCUT2D eigenvalue weighted by Crippen LogP contribution is -2.11. The van der Waals surface area contributed by atoms with E-state index in [1.165, 1.54) is 0 Å². The third-order valence-corrected chi connectivity index (χ3v) is 3.08. The number of ketones is 1. The molecule has 0 aliphatic carbocycles. The molecule has 18 heavy (non-hydrogen) atoms. The van der Waals surface area contributed by atoms with Gasteiger partial charge in [-0.1, -0.05) is 11.6 Å². The van der Waals surface area contributed by atoms with Crippen molar-refractivity contribution in [2.45, 2.75) is 26.3 Å². The molecule has 2 rings (SSSR count). The van der Waals surface area contributed by atoms with E-state index in [0.717, 1.165) is 16.9 Å². The first-order chi connectivity index (χ1) is 8.61. The van der Waals surface area contributed by atoms with Crippen molar-refractivity contribution < 1.29 is 4.79 Å². The number of imidazole rings is 1. The quantitative estimate of drug-likeness (QED) is 0.901. The molecular formula is C13H16ClN3O. The number of hydrogen-bond donors (Lipinski definition) is 1. The van der Waals surface area contributed by atoms with E-state index in [-0.39, 0.29) is 5.78 Å². The number of aromatic nitrogens is 2. The van der Waals surface area contributed by atoms with Gasteiger partial charge in [-0.15, -0.1) is 0 Å². The molecule has 96 valence electrons. The molecule has 0 amide bonds. The summed E-state index contributed by atoms with van der Waals surface area (Å²) < 4.78 is 2.06. The second kappa shape index (κ2) is 5.50. The third kappa shape index (κ3) is 2.71. The van der Waals surface area contributed by atoms with Gasteiger partial charge in [0.15, 0.2) is 0 Å². The Morgan fingerprint density at radius 3 is 2.94 bits per heavy atom. The van der Waals surface area contributed by atoms with Crippen LogP contribution in [-0.2, 0) is 17.8 Å². The Labute approximate surface area is 111 Å². The predicted octanol–water partition coefficient (Wildman–Crippen LogP) is 2.17. The van der Waals surface area contributed by atoms with Crippen LogP contribution in [0.2, 0.25) is 5.02 Å².